The van der Waals surface area contributed by atoms with Crippen molar-refractivity contribution in [3.8, 4) is 0 Å². The van der Waals surface area contributed by atoms with Crippen LogP contribution in [0.4, 0.5) is 0 Å². The van der Waals surface area contributed by atoms with Crippen LogP contribution < -0.4 is 10.6 Å². The predicted molar refractivity (Wildman–Crippen MR) is 90.0 cm³/mol. The van der Waals surface area contributed by atoms with Crippen LogP contribution in [-0.2, 0) is 6.54 Å². The molecule has 1 fully saturated rings. The summed E-state index contributed by atoms with van der Waals surface area (Å²) in [6, 6.07) is 8.37. The highest BCUT2D eigenvalue weighted by Gasteiger charge is 2.22. The highest BCUT2D eigenvalue weighted by atomic mass is 16.2. The van der Waals surface area contributed by atoms with Gasteiger partial charge in [-0.15, -0.1) is 0 Å². The van der Waals surface area contributed by atoms with Crippen LogP contribution in [0.25, 0.3) is 0 Å². The summed E-state index contributed by atoms with van der Waals surface area (Å²) in [6.07, 6.45) is 2.45. The molecule has 1 saturated carbocycles. The highest BCUT2D eigenvalue weighted by molar-refractivity contribution is 5.94. The van der Waals surface area contributed by atoms with Gasteiger partial charge in [0.15, 0.2) is 5.96 Å². The zero-order valence-electron chi connectivity index (χ0n) is 13.7. The maximum atomic E-state index is 12.2. The Morgan fingerprint density at radius 3 is 2.36 bits per heavy atom. The van der Waals surface area contributed by atoms with E-state index >= 15 is 0 Å². The van der Waals surface area contributed by atoms with E-state index < -0.39 is 0 Å². The van der Waals surface area contributed by atoms with Crippen molar-refractivity contribution in [2.75, 3.05) is 20.1 Å². The Kier molecular flexibility index (Phi) is 5.81. The average Bonchev–Trinajstić information content (AvgIpc) is 3.37. The van der Waals surface area contributed by atoms with E-state index in [4.69, 9.17) is 0 Å². The Morgan fingerprint density at radius 2 is 1.86 bits per heavy atom. The molecule has 0 saturated heterocycles. The van der Waals surface area contributed by atoms with Crippen molar-refractivity contribution in [1.82, 2.24) is 15.5 Å². The van der Waals surface area contributed by atoms with Gasteiger partial charge in [-0.05, 0) is 44.4 Å². The third-order valence-corrected chi connectivity index (χ3v) is 3.85. The summed E-state index contributed by atoms with van der Waals surface area (Å²) in [4.78, 5) is 18.3. The largest absolute Gasteiger partial charge is 0.354 e. The van der Waals surface area contributed by atoms with Crippen molar-refractivity contribution in [1.29, 1.82) is 0 Å². The zero-order valence-corrected chi connectivity index (χ0v) is 13.7. The summed E-state index contributed by atoms with van der Waals surface area (Å²) < 4.78 is 0. The fourth-order valence-electron chi connectivity index (χ4n) is 2.26. The van der Waals surface area contributed by atoms with E-state index in [-0.39, 0.29) is 5.91 Å². The molecule has 1 aliphatic carbocycles. The molecule has 1 amide bonds. The van der Waals surface area contributed by atoms with E-state index in [9.17, 15) is 4.79 Å². The van der Waals surface area contributed by atoms with Crippen LogP contribution in [0, 0.1) is 0 Å². The number of guanidine groups is 1. The molecule has 0 spiro atoms. The minimum absolute atomic E-state index is 0.0933. The normalized spacial score (nSPS) is 14.6. The molecular formula is C17H26N4O. The zero-order chi connectivity index (χ0) is 15.9. The third kappa shape index (κ3) is 4.48. The first-order valence-corrected chi connectivity index (χ1v) is 8.03. The molecule has 5 nitrogen and oxygen atoms in total. The summed E-state index contributed by atoms with van der Waals surface area (Å²) in [5.74, 6) is 0.932. The Morgan fingerprint density at radius 1 is 1.23 bits per heavy atom. The molecule has 120 valence electrons. The predicted octanol–water partition coefficient (Wildman–Crippen LogP) is 2.00. The number of benzene rings is 1. The van der Waals surface area contributed by atoms with Gasteiger partial charge in [-0.3, -0.25) is 9.79 Å². The number of hydrogen-bond donors (Lipinski definition) is 2. The molecule has 1 aromatic rings. The van der Waals surface area contributed by atoms with Crippen LogP contribution in [-0.4, -0.2) is 42.9 Å². The fraction of sp³-hybridized carbons (Fsp3) is 0.529. The molecule has 0 atom stereocenters. The van der Waals surface area contributed by atoms with Gasteiger partial charge in [0, 0.05) is 38.3 Å². The minimum Gasteiger partial charge on any atom is -0.354 e. The van der Waals surface area contributed by atoms with Crippen molar-refractivity contribution < 1.29 is 4.79 Å². The van der Waals surface area contributed by atoms with Gasteiger partial charge in [-0.1, -0.05) is 12.1 Å². The van der Waals surface area contributed by atoms with Gasteiger partial charge in [0.05, 0.1) is 0 Å². The molecular weight excluding hydrogens is 276 g/mol. The fourth-order valence-corrected chi connectivity index (χ4v) is 2.26. The van der Waals surface area contributed by atoms with E-state index in [1.165, 1.54) is 12.8 Å². The van der Waals surface area contributed by atoms with E-state index in [1.54, 1.807) is 7.05 Å². The lowest BCUT2D eigenvalue weighted by Crippen LogP contribution is -2.38. The van der Waals surface area contributed by atoms with Gasteiger partial charge in [0.1, 0.15) is 0 Å². The van der Waals surface area contributed by atoms with Crippen molar-refractivity contribution in [3.63, 3.8) is 0 Å². The quantitative estimate of drug-likeness (QED) is 0.624. The lowest BCUT2D eigenvalue weighted by molar-refractivity contribution is 0.0773. The minimum atomic E-state index is 0.0933. The second-order valence-corrected chi connectivity index (χ2v) is 5.52. The molecule has 0 unspecified atom stereocenters. The molecule has 1 aliphatic rings. The monoisotopic (exact) mass is 302 g/mol. The summed E-state index contributed by atoms with van der Waals surface area (Å²) in [7, 11) is 1.78. The van der Waals surface area contributed by atoms with Crippen molar-refractivity contribution in [2.45, 2.75) is 39.3 Å². The molecule has 2 N–H and O–H groups in total. The van der Waals surface area contributed by atoms with Crippen LogP contribution in [0.3, 0.4) is 0 Å². The smallest absolute Gasteiger partial charge is 0.253 e. The maximum Gasteiger partial charge on any atom is 0.253 e. The lowest BCUT2D eigenvalue weighted by atomic mass is 10.1. The number of nitrogens with one attached hydrogen (secondary N) is 2. The van der Waals surface area contributed by atoms with Crippen LogP contribution in [0.15, 0.2) is 29.3 Å². The molecule has 2 rings (SSSR count). The number of hydrogen-bond acceptors (Lipinski definition) is 2. The summed E-state index contributed by atoms with van der Waals surface area (Å²) >= 11 is 0. The Hall–Kier alpha value is -2.04. The van der Waals surface area contributed by atoms with Crippen LogP contribution in [0.5, 0.6) is 0 Å². The number of carbonyl (C=O) groups is 1. The van der Waals surface area contributed by atoms with Crippen molar-refractivity contribution in [3.05, 3.63) is 35.4 Å². The number of amides is 1. The molecule has 1 aromatic carbocycles. The summed E-state index contributed by atoms with van der Waals surface area (Å²) in [5.41, 5.74) is 1.88. The van der Waals surface area contributed by atoms with E-state index in [2.05, 4.69) is 15.6 Å². The van der Waals surface area contributed by atoms with Crippen LogP contribution >= 0.6 is 0 Å². The lowest BCUT2D eigenvalue weighted by Gasteiger charge is -2.18. The van der Waals surface area contributed by atoms with Crippen LogP contribution in [0.1, 0.15) is 42.6 Å². The molecule has 0 heterocycles. The first-order valence-electron chi connectivity index (χ1n) is 8.03. The summed E-state index contributed by atoms with van der Waals surface area (Å²) in [5, 5.41) is 6.64. The van der Waals surface area contributed by atoms with E-state index in [1.807, 2.05) is 43.0 Å². The van der Waals surface area contributed by atoms with Crippen LogP contribution in [0.2, 0.25) is 0 Å². The molecule has 22 heavy (non-hydrogen) atoms. The Labute approximate surface area is 132 Å². The maximum absolute atomic E-state index is 12.2. The Bertz CT molecular complexity index is 516. The van der Waals surface area contributed by atoms with Gasteiger partial charge in [0.2, 0.25) is 0 Å². The van der Waals surface area contributed by atoms with E-state index in [0.29, 0.717) is 12.6 Å². The average molecular weight is 302 g/mol. The first-order chi connectivity index (χ1) is 10.7. The third-order valence-electron chi connectivity index (χ3n) is 3.85. The standard InChI is InChI=1S/C17H26N4O/c1-4-21(5-2)16(22)14-8-6-13(7-9-14)12-19-17(18-3)20-15-10-11-15/h6-9,15H,4-5,10-12H2,1-3H3,(H2,18,19,20). The van der Waals surface area contributed by atoms with E-state index in [0.717, 1.165) is 30.2 Å². The van der Waals surface area contributed by atoms with Gasteiger partial charge in [-0.2, -0.15) is 0 Å². The van der Waals surface area contributed by atoms with Crippen molar-refractivity contribution in [2.24, 2.45) is 4.99 Å². The van der Waals surface area contributed by atoms with Gasteiger partial charge in [0.25, 0.3) is 5.91 Å². The molecule has 0 bridgehead atoms. The van der Waals surface area contributed by atoms with Crippen molar-refractivity contribution >= 4 is 11.9 Å². The van der Waals surface area contributed by atoms with Gasteiger partial charge in [-0.25, -0.2) is 0 Å². The molecule has 0 aromatic heterocycles. The summed E-state index contributed by atoms with van der Waals surface area (Å²) in [6.45, 7) is 6.17. The number of carbonyl (C=O) groups excluding carboxylic acids is 1. The first kappa shape index (κ1) is 16.3. The van der Waals surface area contributed by atoms with Gasteiger partial charge >= 0.3 is 0 Å². The number of rotatable bonds is 6. The molecule has 5 heteroatoms. The molecule has 0 aliphatic heterocycles. The molecule has 0 radical (unpaired) electrons. The number of aliphatic imine (C=N–C) groups is 1. The topological polar surface area (TPSA) is 56.7 Å². The highest BCUT2D eigenvalue weighted by Crippen LogP contribution is 2.18. The Balaban J connectivity index is 1.89. The second-order valence-electron chi connectivity index (χ2n) is 5.52. The second kappa shape index (κ2) is 7.82. The number of nitrogens with zero attached hydrogens (tertiary/aromatic N) is 2. The SMILES string of the molecule is CCN(CC)C(=O)c1ccc(CNC(=NC)NC2CC2)cc1. The van der Waals surface area contributed by atoms with Gasteiger partial charge < -0.3 is 15.5 Å².